The topological polar surface area (TPSA) is 47.3 Å². The number of hydrogen-bond acceptors (Lipinski definition) is 3. The highest BCUT2D eigenvalue weighted by molar-refractivity contribution is 9.10. The van der Waals surface area contributed by atoms with E-state index in [0.717, 1.165) is 9.86 Å². The van der Waals surface area contributed by atoms with Crippen LogP contribution < -0.4 is 0 Å². The average Bonchev–Trinajstić information content (AvgIpc) is 2.62. The van der Waals surface area contributed by atoms with Gasteiger partial charge in [0.1, 0.15) is 5.58 Å². The predicted molar refractivity (Wildman–Crippen MR) is 71.7 cm³/mol. The third-order valence-corrected chi connectivity index (χ3v) is 5.51. The van der Waals surface area contributed by atoms with Gasteiger partial charge in [-0.2, -0.15) is 0 Å². The molecule has 0 bridgehead atoms. The Bertz CT molecular complexity index is 641. The summed E-state index contributed by atoms with van der Waals surface area (Å²) in [6, 6.07) is 5.56. The van der Waals surface area contributed by atoms with Gasteiger partial charge >= 0.3 is 0 Å². The fraction of sp³-hybridized carbons (Fsp3) is 0.333. The molecule has 0 unspecified atom stereocenters. The van der Waals surface area contributed by atoms with Gasteiger partial charge in [-0.1, -0.05) is 22.0 Å². The standard InChI is InChI=1S/C12H13BrO3S/c1-8(2)17(14,15)7-9-6-16-11-5-3-4-10(13)12(9)11/h3-6,8H,7H2,1-2H3. The summed E-state index contributed by atoms with van der Waals surface area (Å²) in [5.41, 5.74) is 1.41. The van der Waals surface area contributed by atoms with Crippen LogP contribution >= 0.6 is 15.9 Å². The SMILES string of the molecule is CC(C)S(=O)(=O)Cc1coc2cccc(Br)c12. The normalized spacial score (nSPS) is 12.5. The Kier molecular flexibility index (Phi) is 3.32. The molecular weight excluding hydrogens is 304 g/mol. The molecule has 0 radical (unpaired) electrons. The highest BCUT2D eigenvalue weighted by Crippen LogP contribution is 2.30. The first-order valence-corrected chi connectivity index (χ1v) is 7.79. The lowest BCUT2D eigenvalue weighted by molar-refractivity contribution is 0.584. The van der Waals surface area contributed by atoms with Gasteiger partial charge in [0.25, 0.3) is 0 Å². The highest BCUT2D eigenvalue weighted by atomic mass is 79.9. The molecule has 5 heteroatoms. The van der Waals surface area contributed by atoms with Crippen LogP contribution in [-0.2, 0) is 15.6 Å². The summed E-state index contributed by atoms with van der Waals surface area (Å²) in [5.74, 6) is 0.0142. The summed E-state index contributed by atoms with van der Waals surface area (Å²) in [4.78, 5) is 0. The van der Waals surface area contributed by atoms with Crippen molar-refractivity contribution in [1.29, 1.82) is 0 Å². The number of sulfone groups is 1. The molecule has 0 aliphatic heterocycles. The van der Waals surface area contributed by atoms with Crippen molar-refractivity contribution in [2.75, 3.05) is 0 Å². The van der Waals surface area contributed by atoms with Crippen LogP contribution in [-0.4, -0.2) is 13.7 Å². The second kappa shape index (κ2) is 4.46. The Balaban J connectivity index is 2.51. The van der Waals surface area contributed by atoms with Crippen molar-refractivity contribution in [2.45, 2.75) is 24.9 Å². The van der Waals surface area contributed by atoms with Gasteiger partial charge in [-0.15, -0.1) is 0 Å². The van der Waals surface area contributed by atoms with Gasteiger partial charge < -0.3 is 4.42 Å². The molecule has 0 amide bonds. The first-order valence-electron chi connectivity index (χ1n) is 5.28. The summed E-state index contributed by atoms with van der Waals surface area (Å²) in [7, 11) is -3.11. The summed E-state index contributed by atoms with van der Waals surface area (Å²) >= 11 is 3.42. The van der Waals surface area contributed by atoms with E-state index < -0.39 is 9.84 Å². The van der Waals surface area contributed by atoms with Crippen LogP contribution in [0.15, 0.2) is 33.4 Å². The van der Waals surface area contributed by atoms with E-state index in [2.05, 4.69) is 15.9 Å². The number of halogens is 1. The minimum absolute atomic E-state index is 0.0142. The molecule has 0 N–H and O–H groups in total. The molecule has 0 aliphatic rings. The van der Waals surface area contributed by atoms with Crippen LogP contribution in [0.5, 0.6) is 0 Å². The molecule has 0 saturated carbocycles. The minimum atomic E-state index is -3.11. The van der Waals surface area contributed by atoms with Gasteiger partial charge in [0.2, 0.25) is 0 Å². The van der Waals surface area contributed by atoms with Gasteiger partial charge in [-0.3, -0.25) is 0 Å². The maximum atomic E-state index is 11.9. The van der Waals surface area contributed by atoms with Gasteiger partial charge in [0, 0.05) is 15.4 Å². The first kappa shape index (κ1) is 12.6. The Morgan fingerprint density at radius 1 is 1.35 bits per heavy atom. The Hall–Kier alpha value is -0.810. The van der Waals surface area contributed by atoms with Gasteiger partial charge in [0.05, 0.1) is 17.3 Å². The van der Waals surface area contributed by atoms with Crippen molar-refractivity contribution in [2.24, 2.45) is 0 Å². The molecule has 0 aliphatic carbocycles. The number of fused-ring (bicyclic) bond motifs is 1. The molecule has 2 rings (SSSR count). The number of rotatable bonds is 3. The maximum absolute atomic E-state index is 11.9. The number of hydrogen-bond donors (Lipinski definition) is 0. The number of furan rings is 1. The van der Waals surface area contributed by atoms with Crippen LogP contribution in [0.4, 0.5) is 0 Å². The molecule has 0 spiro atoms. The molecule has 0 atom stereocenters. The second-order valence-corrected chi connectivity index (χ2v) is 7.64. The molecule has 3 nitrogen and oxygen atoms in total. The first-order chi connectivity index (χ1) is 7.92. The van der Waals surface area contributed by atoms with Crippen molar-refractivity contribution >= 4 is 36.7 Å². The van der Waals surface area contributed by atoms with E-state index in [1.807, 2.05) is 18.2 Å². The van der Waals surface area contributed by atoms with Crippen LogP contribution in [0.1, 0.15) is 19.4 Å². The minimum Gasteiger partial charge on any atom is -0.464 e. The van der Waals surface area contributed by atoms with E-state index in [9.17, 15) is 8.42 Å². The number of benzene rings is 1. The average molecular weight is 317 g/mol. The van der Waals surface area contributed by atoms with E-state index in [-0.39, 0.29) is 11.0 Å². The summed E-state index contributed by atoms with van der Waals surface area (Å²) < 4.78 is 30.0. The fourth-order valence-corrected chi connectivity index (χ4v) is 3.18. The van der Waals surface area contributed by atoms with E-state index >= 15 is 0 Å². The van der Waals surface area contributed by atoms with Crippen molar-refractivity contribution in [1.82, 2.24) is 0 Å². The molecule has 17 heavy (non-hydrogen) atoms. The molecule has 1 aromatic carbocycles. The van der Waals surface area contributed by atoms with Gasteiger partial charge in [-0.25, -0.2) is 8.42 Å². The zero-order valence-electron chi connectivity index (χ0n) is 9.60. The van der Waals surface area contributed by atoms with Crippen LogP contribution in [0, 0.1) is 0 Å². The van der Waals surface area contributed by atoms with E-state index in [1.165, 1.54) is 6.26 Å². The quantitative estimate of drug-likeness (QED) is 0.870. The smallest absolute Gasteiger partial charge is 0.156 e. The second-order valence-electron chi connectivity index (χ2n) is 4.23. The molecular formula is C12H13BrO3S. The molecule has 0 fully saturated rings. The Labute approximate surface area is 109 Å². The fourth-order valence-electron chi connectivity index (χ4n) is 1.60. The lowest BCUT2D eigenvalue weighted by atomic mass is 10.2. The molecule has 0 saturated heterocycles. The van der Waals surface area contributed by atoms with Crippen molar-refractivity contribution in [3.05, 3.63) is 34.5 Å². The van der Waals surface area contributed by atoms with Crippen LogP contribution in [0.3, 0.4) is 0 Å². The van der Waals surface area contributed by atoms with Crippen LogP contribution in [0.2, 0.25) is 0 Å². The van der Waals surface area contributed by atoms with Crippen molar-refractivity contribution in [3.63, 3.8) is 0 Å². The Morgan fingerprint density at radius 2 is 2.06 bits per heavy atom. The van der Waals surface area contributed by atoms with Gasteiger partial charge in [-0.05, 0) is 26.0 Å². The van der Waals surface area contributed by atoms with Gasteiger partial charge in [0.15, 0.2) is 9.84 Å². The summed E-state index contributed by atoms with van der Waals surface area (Å²) in [6.45, 7) is 3.37. The molecule has 2 aromatic rings. The van der Waals surface area contributed by atoms with E-state index in [1.54, 1.807) is 13.8 Å². The predicted octanol–water partition coefficient (Wildman–Crippen LogP) is 3.52. The van der Waals surface area contributed by atoms with Crippen molar-refractivity contribution < 1.29 is 12.8 Å². The largest absolute Gasteiger partial charge is 0.464 e. The highest BCUT2D eigenvalue weighted by Gasteiger charge is 2.20. The lowest BCUT2D eigenvalue weighted by Crippen LogP contribution is -2.15. The monoisotopic (exact) mass is 316 g/mol. The van der Waals surface area contributed by atoms with E-state index in [0.29, 0.717) is 11.1 Å². The maximum Gasteiger partial charge on any atom is 0.156 e. The summed E-state index contributed by atoms with van der Waals surface area (Å²) in [6.07, 6.45) is 1.52. The Morgan fingerprint density at radius 3 is 2.71 bits per heavy atom. The lowest BCUT2D eigenvalue weighted by Gasteiger charge is -2.06. The zero-order valence-corrected chi connectivity index (χ0v) is 12.0. The zero-order chi connectivity index (χ0) is 12.6. The van der Waals surface area contributed by atoms with Crippen molar-refractivity contribution in [3.8, 4) is 0 Å². The molecule has 92 valence electrons. The third kappa shape index (κ3) is 2.40. The third-order valence-electron chi connectivity index (χ3n) is 2.70. The molecule has 1 aromatic heterocycles. The van der Waals surface area contributed by atoms with Crippen LogP contribution in [0.25, 0.3) is 11.0 Å². The molecule has 1 heterocycles. The summed E-state index contributed by atoms with van der Waals surface area (Å²) in [5, 5.41) is 0.465. The van der Waals surface area contributed by atoms with E-state index in [4.69, 9.17) is 4.42 Å².